The Hall–Kier alpha value is -1.13. The van der Waals surface area contributed by atoms with E-state index in [2.05, 4.69) is 21.0 Å². The molecule has 0 N–H and O–H groups in total. The van der Waals surface area contributed by atoms with Gasteiger partial charge in [0.1, 0.15) is 5.78 Å². The van der Waals surface area contributed by atoms with Gasteiger partial charge < -0.3 is 0 Å². The van der Waals surface area contributed by atoms with E-state index >= 15 is 0 Å². The molecular weight excluding hydrogens is 340 g/mol. The molecule has 0 radical (unpaired) electrons. The third kappa shape index (κ3) is 3.49. The zero-order valence-corrected chi connectivity index (χ0v) is 13.8. The second kappa shape index (κ2) is 6.55. The zero-order chi connectivity index (χ0) is 14.7. The summed E-state index contributed by atoms with van der Waals surface area (Å²) in [6, 6.07) is 7.79. The fourth-order valence-electron chi connectivity index (χ4n) is 2.16. The van der Waals surface area contributed by atoms with Crippen LogP contribution in [0.5, 0.6) is 0 Å². The summed E-state index contributed by atoms with van der Waals surface area (Å²) in [6.45, 7) is 4.56. The molecule has 0 atom stereocenters. The summed E-state index contributed by atoms with van der Waals surface area (Å²) in [5, 5.41) is 4.93. The Bertz CT molecular complexity index is 637. The number of halogens is 2. The SMILES string of the molecule is CCn1nc(C)c(Cl)c1CC(=O)Cc1cccc(Br)c1. The molecule has 5 heteroatoms. The van der Waals surface area contributed by atoms with E-state index in [0.29, 0.717) is 24.4 Å². The quantitative estimate of drug-likeness (QED) is 0.813. The first-order chi connectivity index (χ1) is 9.51. The molecular formula is C15H16BrClN2O. The van der Waals surface area contributed by atoms with Gasteiger partial charge in [-0.05, 0) is 31.5 Å². The first-order valence-electron chi connectivity index (χ1n) is 6.49. The van der Waals surface area contributed by atoms with E-state index in [0.717, 1.165) is 21.4 Å². The predicted molar refractivity (Wildman–Crippen MR) is 84.2 cm³/mol. The van der Waals surface area contributed by atoms with Gasteiger partial charge in [0.25, 0.3) is 0 Å². The summed E-state index contributed by atoms with van der Waals surface area (Å²) in [5.74, 6) is 0.139. The van der Waals surface area contributed by atoms with E-state index < -0.39 is 0 Å². The lowest BCUT2D eigenvalue weighted by atomic mass is 10.1. The number of hydrogen-bond donors (Lipinski definition) is 0. The molecule has 0 saturated carbocycles. The van der Waals surface area contributed by atoms with Crippen LogP contribution in [0.4, 0.5) is 0 Å². The van der Waals surface area contributed by atoms with E-state index in [1.54, 1.807) is 4.68 Å². The second-order valence-corrected chi connectivity index (χ2v) is 5.98. The number of ketones is 1. The maximum Gasteiger partial charge on any atom is 0.143 e. The van der Waals surface area contributed by atoms with Crippen molar-refractivity contribution in [3.05, 3.63) is 50.7 Å². The average Bonchev–Trinajstić information content (AvgIpc) is 2.66. The van der Waals surface area contributed by atoms with Gasteiger partial charge in [-0.3, -0.25) is 9.48 Å². The minimum Gasteiger partial charge on any atom is -0.299 e. The zero-order valence-electron chi connectivity index (χ0n) is 11.5. The fraction of sp³-hybridized carbons (Fsp3) is 0.333. The van der Waals surface area contributed by atoms with Crippen molar-refractivity contribution in [3.8, 4) is 0 Å². The van der Waals surface area contributed by atoms with Crippen molar-refractivity contribution in [1.29, 1.82) is 0 Å². The highest BCUT2D eigenvalue weighted by Gasteiger charge is 2.16. The van der Waals surface area contributed by atoms with Crippen LogP contribution in [0, 0.1) is 6.92 Å². The molecule has 0 saturated heterocycles. The molecule has 0 fully saturated rings. The van der Waals surface area contributed by atoms with Crippen LogP contribution in [0.15, 0.2) is 28.7 Å². The van der Waals surface area contributed by atoms with Crippen LogP contribution in [0.1, 0.15) is 23.9 Å². The molecule has 2 aromatic rings. The average molecular weight is 356 g/mol. The van der Waals surface area contributed by atoms with Crippen molar-refractivity contribution in [2.45, 2.75) is 33.2 Å². The molecule has 3 nitrogen and oxygen atoms in total. The van der Waals surface area contributed by atoms with Gasteiger partial charge in [-0.2, -0.15) is 5.10 Å². The number of hydrogen-bond acceptors (Lipinski definition) is 2. The summed E-state index contributed by atoms with van der Waals surface area (Å²) >= 11 is 9.63. The van der Waals surface area contributed by atoms with Gasteiger partial charge in [0.05, 0.1) is 22.8 Å². The third-order valence-electron chi connectivity index (χ3n) is 3.11. The lowest BCUT2D eigenvalue weighted by Gasteiger charge is -2.05. The molecule has 2 rings (SSSR count). The number of aromatic nitrogens is 2. The smallest absolute Gasteiger partial charge is 0.143 e. The molecule has 0 aliphatic rings. The molecule has 20 heavy (non-hydrogen) atoms. The highest BCUT2D eigenvalue weighted by Crippen LogP contribution is 2.21. The monoisotopic (exact) mass is 354 g/mol. The maximum absolute atomic E-state index is 12.2. The second-order valence-electron chi connectivity index (χ2n) is 4.68. The van der Waals surface area contributed by atoms with Crippen LogP contribution in [0.3, 0.4) is 0 Å². The Balaban J connectivity index is 2.12. The Morgan fingerprint density at radius 3 is 2.80 bits per heavy atom. The topological polar surface area (TPSA) is 34.9 Å². The Morgan fingerprint density at radius 2 is 2.15 bits per heavy atom. The van der Waals surface area contributed by atoms with Gasteiger partial charge in [0.15, 0.2) is 0 Å². The van der Waals surface area contributed by atoms with Gasteiger partial charge in [-0.25, -0.2) is 0 Å². The molecule has 0 aliphatic heterocycles. The van der Waals surface area contributed by atoms with E-state index in [9.17, 15) is 4.79 Å². The van der Waals surface area contributed by atoms with Gasteiger partial charge in [-0.1, -0.05) is 39.7 Å². The van der Waals surface area contributed by atoms with Gasteiger partial charge >= 0.3 is 0 Å². The predicted octanol–water partition coefficient (Wildman–Crippen LogP) is 3.98. The number of carbonyl (C=O) groups is 1. The standard InChI is InChI=1S/C15H16BrClN2O/c1-3-19-14(15(17)10(2)18-19)9-13(20)8-11-5-4-6-12(16)7-11/h4-7H,3,8-9H2,1-2H3. The first-order valence-corrected chi connectivity index (χ1v) is 7.66. The molecule has 0 bridgehead atoms. The van der Waals surface area contributed by atoms with Crippen LogP contribution in [0.2, 0.25) is 5.02 Å². The van der Waals surface area contributed by atoms with Crippen molar-refractivity contribution in [2.24, 2.45) is 0 Å². The number of aryl methyl sites for hydroxylation is 2. The fourth-order valence-corrected chi connectivity index (χ4v) is 2.81. The van der Waals surface area contributed by atoms with Gasteiger partial charge in [-0.15, -0.1) is 0 Å². The van der Waals surface area contributed by atoms with Crippen molar-refractivity contribution in [2.75, 3.05) is 0 Å². The maximum atomic E-state index is 12.2. The van der Waals surface area contributed by atoms with Crippen LogP contribution in [0.25, 0.3) is 0 Å². The normalized spacial score (nSPS) is 10.8. The van der Waals surface area contributed by atoms with Crippen LogP contribution in [-0.4, -0.2) is 15.6 Å². The number of carbonyl (C=O) groups excluding carboxylic acids is 1. The summed E-state index contributed by atoms with van der Waals surface area (Å²) < 4.78 is 2.78. The molecule has 0 unspecified atom stereocenters. The molecule has 1 aromatic carbocycles. The molecule has 106 valence electrons. The van der Waals surface area contributed by atoms with Gasteiger partial charge in [0, 0.05) is 17.4 Å². The number of rotatable bonds is 5. The third-order valence-corrected chi connectivity index (χ3v) is 4.09. The largest absolute Gasteiger partial charge is 0.299 e. The molecule has 0 aliphatic carbocycles. The number of benzene rings is 1. The van der Waals surface area contributed by atoms with Crippen molar-refractivity contribution in [3.63, 3.8) is 0 Å². The van der Waals surface area contributed by atoms with Crippen LogP contribution < -0.4 is 0 Å². The Kier molecular flexibility index (Phi) is 5.00. The van der Waals surface area contributed by atoms with Crippen LogP contribution >= 0.6 is 27.5 Å². The molecule has 0 amide bonds. The van der Waals surface area contributed by atoms with Gasteiger partial charge in [0.2, 0.25) is 0 Å². The molecule has 1 heterocycles. The summed E-state index contributed by atoms with van der Waals surface area (Å²) in [6.07, 6.45) is 0.726. The Labute approximate surface area is 132 Å². The first kappa shape index (κ1) is 15.3. The minimum atomic E-state index is 0.139. The summed E-state index contributed by atoms with van der Waals surface area (Å²) in [4.78, 5) is 12.2. The van der Waals surface area contributed by atoms with Crippen LogP contribution in [-0.2, 0) is 24.2 Å². The lowest BCUT2D eigenvalue weighted by molar-refractivity contribution is -0.117. The van der Waals surface area contributed by atoms with E-state index in [-0.39, 0.29) is 5.78 Å². The van der Waals surface area contributed by atoms with Crippen molar-refractivity contribution >= 4 is 33.3 Å². The Morgan fingerprint density at radius 1 is 1.40 bits per heavy atom. The van der Waals surface area contributed by atoms with E-state index in [4.69, 9.17) is 11.6 Å². The summed E-state index contributed by atoms with van der Waals surface area (Å²) in [7, 11) is 0. The van der Waals surface area contributed by atoms with E-state index in [1.807, 2.05) is 38.1 Å². The number of Topliss-reactive ketones (excluding diaryl/α,β-unsaturated/α-hetero) is 1. The van der Waals surface area contributed by atoms with Crippen molar-refractivity contribution in [1.82, 2.24) is 9.78 Å². The highest BCUT2D eigenvalue weighted by molar-refractivity contribution is 9.10. The van der Waals surface area contributed by atoms with E-state index in [1.165, 1.54) is 0 Å². The number of nitrogens with zero attached hydrogens (tertiary/aromatic N) is 2. The minimum absolute atomic E-state index is 0.139. The van der Waals surface area contributed by atoms with Crippen molar-refractivity contribution < 1.29 is 4.79 Å². The summed E-state index contributed by atoms with van der Waals surface area (Å²) in [5.41, 5.74) is 2.59. The lowest BCUT2D eigenvalue weighted by Crippen LogP contribution is -2.11. The molecule has 1 aromatic heterocycles. The highest BCUT2D eigenvalue weighted by atomic mass is 79.9. The molecule has 0 spiro atoms.